The first-order valence-corrected chi connectivity index (χ1v) is 9.90. The summed E-state index contributed by atoms with van der Waals surface area (Å²) in [6.07, 6.45) is 6.23. The molecule has 0 aliphatic carbocycles. The van der Waals surface area contributed by atoms with Crippen molar-refractivity contribution in [3.63, 3.8) is 0 Å². The van der Waals surface area contributed by atoms with Crippen LogP contribution < -0.4 is 20.1 Å². The van der Waals surface area contributed by atoms with Crippen LogP contribution in [0.5, 0.6) is 11.5 Å². The molecule has 0 saturated heterocycles. The second kappa shape index (κ2) is 11.2. The molecule has 164 valence electrons. The Hall–Kier alpha value is -4.26. The van der Waals surface area contributed by atoms with Crippen molar-refractivity contribution < 1.29 is 23.5 Å². The standard InChI is InChI=1S/C25H24N2O5/c1-3-13-31-21-11-9-18(16-23(21)30-2)10-12-24(28)26-17-19-6-4-7-20(15-19)27-25(29)22-8-5-14-32-22/h3-12,14-16H,1,13,17H2,2H3,(H,26,28)(H,27,29)/b12-10+. The van der Waals surface area contributed by atoms with Gasteiger partial charge in [0.15, 0.2) is 17.3 Å². The molecule has 2 N–H and O–H groups in total. The summed E-state index contributed by atoms with van der Waals surface area (Å²) in [6.45, 7) is 4.31. The van der Waals surface area contributed by atoms with Crippen molar-refractivity contribution in [2.24, 2.45) is 0 Å². The minimum absolute atomic E-state index is 0.228. The Kier molecular flexibility index (Phi) is 7.86. The van der Waals surface area contributed by atoms with E-state index in [1.165, 1.54) is 12.3 Å². The number of nitrogens with one attached hydrogen (secondary N) is 2. The number of hydrogen-bond acceptors (Lipinski definition) is 5. The van der Waals surface area contributed by atoms with Gasteiger partial charge in [0, 0.05) is 18.3 Å². The van der Waals surface area contributed by atoms with Gasteiger partial charge in [-0.25, -0.2) is 0 Å². The molecular weight excluding hydrogens is 408 g/mol. The molecule has 0 atom stereocenters. The van der Waals surface area contributed by atoms with Crippen molar-refractivity contribution in [3.05, 3.63) is 96.5 Å². The first-order chi connectivity index (χ1) is 15.6. The van der Waals surface area contributed by atoms with Crippen LogP contribution in [0.4, 0.5) is 5.69 Å². The molecular formula is C25H24N2O5. The van der Waals surface area contributed by atoms with Gasteiger partial charge in [-0.05, 0) is 53.6 Å². The molecule has 7 heteroatoms. The van der Waals surface area contributed by atoms with Gasteiger partial charge in [0.2, 0.25) is 5.91 Å². The fourth-order valence-electron chi connectivity index (χ4n) is 2.84. The number of rotatable bonds is 10. The minimum Gasteiger partial charge on any atom is -0.493 e. The van der Waals surface area contributed by atoms with Gasteiger partial charge in [-0.2, -0.15) is 0 Å². The van der Waals surface area contributed by atoms with E-state index in [1.54, 1.807) is 61.7 Å². The van der Waals surface area contributed by atoms with Gasteiger partial charge in [0.25, 0.3) is 5.91 Å². The molecule has 0 radical (unpaired) electrons. The summed E-state index contributed by atoms with van der Waals surface area (Å²) in [5.74, 6) is 0.818. The van der Waals surface area contributed by atoms with Gasteiger partial charge in [-0.3, -0.25) is 9.59 Å². The van der Waals surface area contributed by atoms with Gasteiger partial charge < -0.3 is 24.5 Å². The van der Waals surface area contributed by atoms with Crippen LogP contribution in [0.3, 0.4) is 0 Å². The van der Waals surface area contributed by atoms with Crippen molar-refractivity contribution in [2.45, 2.75) is 6.54 Å². The second-order valence-corrected chi connectivity index (χ2v) is 6.69. The number of furan rings is 1. The van der Waals surface area contributed by atoms with E-state index in [4.69, 9.17) is 13.9 Å². The quantitative estimate of drug-likeness (QED) is 0.365. The normalized spacial score (nSPS) is 10.5. The zero-order valence-electron chi connectivity index (χ0n) is 17.7. The summed E-state index contributed by atoms with van der Waals surface area (Å²) < 4.78 is 15.9. The molecule has 0 aliphatic rings. The van der Waals surface area contributed by atoms with Crippen molar-refractivity contribution in [1.29, 1.82) is 0 Å². The van der Waals surface area contributed by atoms with Crippen molar-refractivity contribution in [1.82, 2.24) is 5.32 Å². The van der Waals surface area contributed by atoms with Crippen LogP contribution in [-0.2, 0) is 11.3 Å². The number of anilines is 1. The minimum atomic E-state index is -0.338. The molecule has 0 aliphatic heterocycles. The highest BCUT2D eigenvalue weighted by Crippen LogP contribution is 2.28. The topological polar surface area (TPSA) is 89.8 Å². The summed E-state index contributed by atoms with van der Waals surface area (Å²) in [7, 11) is 1.56. The highest BCUT2D eigenvalue weighted by molar-refractivity contribution is 6.02. The zero-order chi connectivity index (χ0) is 22.8. The predicted octanol–water partition coefficient (Wildman–Crippen LogP) is 4.43. The summed E-state index contributed by atoms with van der Waals surface area (Å²) in [5, 5.41) is 5.58. The lowest BCUT2D eigenvalue weighted by Gasteiger charge is -2.09. The molecule has 0 bridgehead atoms. The lowest BCUT2D eigenvalue weighted by atomic mass is 10.1. The fraction of sp³-hybridized carbons (Fsp3) is 0.120. The Bertz CT molecular complexity index is 1100. The van der Waals surface area contributed by atoms with E-state index >= 15 is 0 Å². The van der Waals surface area contributed by atoms with Crippen molar-refractivity contribution in [3.8, 4) is 11.5 Å². The average molecular weight is 432 g/mol. The molecule has 1 aromatic heterocycles. The third-order valence-electron chi connectivity index (χ3n) is 4.37. The molecule has 0 fully saturated rings. The monoisotopic (exact) mass is 432 g/mol. The largest absolute Gasteiger partial charge is 0.493 e. The van der Waals surface area contributed by atoms with Crippen LogP contribution >= 0.6 is 0 Å². The number of methoxy groups -OCH3 is 1. The summed E-state index contributed by atoms with van der Waals surface area (Å²) in [5.41, 5.74) is 2.25. The molecule has 2 amide bonds. The smallest absolute Gasteiger partial charge is 0.291 e. The highest BCUT2D eigenvalue weighted by Gasteiger charge is 2.09. The lowest BCUT2D eigenvalue weighted by molar-refractivity contribution is -0.116. The van der Waals surface area contributed by atoms with Gasteiger partial charge in [0.1, 0.15) is 6.61 Å². The molecule has 3 aromatic rings. The summed E-state index contributed by atoms with van der Waals surface area (Å²) in [6, 6.07) is 15.8. The van der Waals surface area contributed by atoms with E-state index in [1.807, 2.05) is 12.1 Å². The SMILES string of the molecule is C=CCOc1ccc(/C=C/C(=O)NCc2cccc(NC(=O)c3ccco3)c2)cc1OC. The zero-order valence-corrected chi connectivity index (χ0v) is 17.7. The molecule has 32 heavy (non-hydrogen) atoms. The Morgan fingerprint density at radius 3 is 2.72 bits per heavy atom. The fourth-order valence-corrected chi connectivity index (χ4v) is 2.84. The molecule has 3 rings (SSSR count). The third kappa shape index (κ3) is 6.37. The number of carbonyl (C=O) groups excluding carboxylic acids is 2. The van der Waals surface area contributed by atoms with Crippen molar-refractivity contribution in [2.75, 3.05) is 19.0 Å². The van der Waals surface area contributed by atoms with E-state index in [0.717, 1.165) is 11.1 Å². The van der Waals surface area contributed by atoms with E-state index in [0.29, 0.717) is 30.3 Å². The van der Waals surface area contributed by atoms with Gasteiger partial charge in [-0.15, -0.1) is 0 Å². The molecule has 7 nitrogen and oxygen atoms in total. The summed E-state index contributed by atoms with van der Waals surface area (Å²) in [4.78, 5) is 24.3. The van der Waals surface area contributed by atoms with Crippen LogP contribution in [0, 0.1) is 0 Å². The maximum absolute atomic E-state index is 12.2. The number of benzene rings is 2. The third-order valence-corrected chi connectivity index (χ3v) is 4.37. The Morgan fingerprint density at radius 1 is 1.09 bits per heavy atom. The van der Waals surface area contributed by atoms with Crippen molar-refractivity contribution >= 4 is 23.6 Å². The van der Waals surface area contributed by atoms with Crippen LogP contribution in [0.25, 0.3) is 6.08 Å². The van der Waals surface area contributed by atoms with Crippen LogP contribution in [0.2, 0.25) is 0 Å². The maximum Gasteiger partial charge on any atom is 0.291 e. The molecule has 0 unspecified atom stereocenters. The van der Waals surface area contributed by atoms with E-state index < -0.39 is 0 Å². The number of carbonyl (C=O) groups is 2. The maximum atomic E-state index is 12.2. The average Bonchev–Trinajstić information content (AvgIpc) is 3.36. The Morgan fingerprint density at radius 2 is 1.97 bits per heavy atom. The Labute approximate surface area is 186 Å². The molecule has 0 saturated carbocycles. The van der Waals surface area contributed by atoms with Gasteiger partial charge in [-0.1, -0.05) is 30.9 Å². The van der Waals surface area contributed by atoms with Crippen LogP contribution in [-0.4, -0.2) is 25.5 Å². The van der Waals surface area contributed by atoms with E-state index in [2.05, 4.69) is 17.2 Å². The van der Waals surface area contributed by atoms with Gasteiger partial charge in [0.05, 0.1) is 13.4 Å². The van der Waals surface area contributed by atoms with E-state index in [-0.39, 0.29) is 17.6 Å². The molecule has 1 heterocycles. The number of ether oxygens (including phenoxy) is 2. The number of hydrogen-bond donors (Lipinski definition) is 2. The molecule has 0 spiro atoms. The summed E-state index contributed by atoms with van der Waals surface area (Å²) >= 11 is 0. The second-order valence-electron chi connectivity index (χ2n) is 6.69. The van der Waals surface area contributed by atoms with Gasteiger partial charge >= 0.3 is 0 Å². The van der Waals surface area contributed by atoms with Crippen LogP contribution in [0.15, 0.2) is 84.0 Å². The first kappa shape index (κ1) is 22.4. The Balaban J connectivity index is 1.55. The molecule has 2 aromatic carbocycles. The predicted molar refractivity (Wildman–Crippen MR) is 123 cm³/mol. The first-order valence-electron chi connectivity index (χ1n) is 9.90. The van der Waals surface area contributed by atoms with Crippen LogP contribution in [0.1, 0.15) is 21.7 Å². The number of amides is 2. The lowest BCUT2D eigenvalue weighted by Crippen LogP contribution is -2.20. The highest BCUT2D eigenvalue weighted by atomic mass is 16.5. The van der Waals surface area contributed by atoms with E-state index in [9.17, 15) is 9.59 Å².